The van der Waals surface area contributed by atoms with Gasteiger partial charge in [0.1, 0.15) is 22.9 Å². The Morgan fingerprint density at radius 2 is 1.70 bits per heavy atom. The second-order valence-electron chi connectivity index (χ2n) is 6.41. The van der Waals surface area contributed by atoms with Crippen molar-refractivity contribution in [2.75, 3.05) is 12.4 Å². The summed E-state index contributed by atoms with van der Waals surface area (Å²) < 4.78 is 38.4. The zero-order valence-electron chi connectivity index (χ0n) is 15.9. The molecule has 0 aliphatic carbocycles. The van der Waals surface area contributed by atoms with Crippen molar-refractivity contribution in [3.05, 3.63) is 90.5 Å². The van der Waals surface area contributed by atoms with Gasteiger partial charge in [0.2, 0.25) is 0 Å². The van der Waals surface area contributed by atoms with Crippen LogP contribution in [0.2, 0.25) is 0 Å². The predicted octanol–water partition coefficient (Wildman–Crippen LogP) is 5.55. The van der Waals surface area contributed by atoms with Crippen LogP contribution in [0.3, 0.4) is 0 Å². The van der Waals surface area contributed by atoms with Gasteiger partial charge in [0.05, 0.1) is 13.3 Å². The molecule has 1 amide bonds. The van der Waals surface area contributed by atoms with E-state index in [0.29, 0.717) is 17.2 Å². The monoisotopic (exact) mass is 406 g/mol. The summed E-state index contributed by atoms with van der Waals surface area (Å²) in [5.74, 6) is -1.42. The number of halogens is 2. The molecule has 1 aromatic heterocycles. The third-order valence-electron chi connectivity index (χ3n) is 4.56. The van der Waals surface area contributed by atoms with Gasteiger partial charge in [0.15, 0.2) is 12.2 Å². The highest BCUT2D eigenvalue weighted by Crippen LogP contribution is 2.34. The normalized spacial score (nSPS) is 10.6. The van der Waals surface area contributed by atoms with E-state index in [2.05, 4.69) is 10.3 Å². The summed E-state index contributed by atoms with van der Waals surface area (Å²) in [7, 11) is 1.57. The van der Waals surface area contributed by atoms with Crippen molar-refractivity contribution in [1.29, 1.82) is 0 Å². The van der Waals surface area contributed by atoms with Gasteiger partial charge in [-0.15, -0.1) is 0 Å². The maximum Gasteiger partial charge on any atom is 0.261 e. The molecule has 4 rings (SSSR count). The average Bonchev–Trinajstić information content (AvgIpc) is 3.29. The second kappa shape index (κ2) is 8.16. The highest BCUT2D eigenvalue weighted by atomic mass is 19.1. The first kappa shape index (κ1) is 19.3. The zero-order chi connectivity index (χ0) is 21.1. The highest BCUT2D eigenvalue weighted by molar-refractivity contribution is 6.04. The lowest BCUT2D eigenvalue weighted by molar-refractivity contribution is 0.101. The van der Waals surface area contributed by atoms with Crippen LogP contribution in [0.4, 0.5) is 14.5 Å². The number of aromatic nitrogens is 1. The van der Waals surface area contributed by atoms with Gasteiger partial charge < -0.3 is 14.5 Å². The first-order valence-electron chi connectivity index (χ1n) is 8.99. The fraction of sp³-hybridized carbons (Fsp3) is 0.0435. The molecule has 5 nitrogen and oxygen atoms in total. The van der Waals surface area contributed by atoms with Gasteiger partial charge >= 0.3 is 0 Å². The second-order valence-corrected chi connectivity index (χ2v) is 6.41. The van der Waals surface area contributed by atoms with Gasteiger partial charge in [-0.1, -0.05) is 18.2 Å². The smallest absolute Gasteiger partial charge is 0.261 e. The largest absolute Gasteiger partial charge is 0.496 e. The molecule has 30 heavy (non-hydrogen) atoms. The van der Waals surface area contributed by atoms with Gasteiger partial charge in [0, 0.05) is 16.8 Å². The number of nitrogens with one attached hydrogen (secondary N) is 1. The van der Waals surface area contributed by atoms with Crippen molar-refractivity contribution < 1.29 is 22.7 Å². The molecule has 150 valence electrons. The van der Waals surface area contributed by atoms with Crippen LogP contribution in [0.25, 0.3) is 22.5 Å². The van der Waals surface area contributed by atoms with E-state index in [1.807, 2.05) is 18.2 Å². The van der Waals surface area contributed by atoms with E-state index in [-0.39, 0.29) is 0 Å². The summed E-state index contributed by atoms with van der Waals surface area (Å²) >= 11 is 0. The SMILES string of the molecule is COc1ccc(-c2cnco2)cc1-c1ccc(NC(=O)c2c(F)cccc2F)cc1. The fourth-order valence-corrected chi connectivity index (χ4v) is 3.09. The standard InChI is InChI=1S/C23H16F2N2O3/c1-29-20-10-7-15(21-12-26-13-30-21)11-17(20)14-5-8-16(9-6-14)27-23(28)22-18(24)3-2-4-19(22)25/h2-13H,1H3,(H,27,28). The number of methoxy groups -OCH3 is 1. The Hall–Kier alpha value is -4.00. The molecule has 0 atom stereocenters. The molecular weight excluding hydrogens is 390 g/mol. The van der Waals surface area contributed by atoms with E-state index in [9.17, 15) is 13.6 Å². The van der Waals surface area contributed by atoms with Crippen LogP contribution >= 0.6 is 0 Å². The van der Waals surface area contributed by atoms with Crippen molar-refractivity contribution in [3.63, 3.8) is 0 Å². The maximum atomic E-state index is 13.8. The molecule has 4 aromatic rings. The number of amides is 1. The van der Waals surface area contributed by atoms with Crippen molar-refractivity contribution in [2.45, 2.75) is 0 Å². The lowest BCUT2D eigenvalue weighted by Gasteiger charge is -2.12. The topological polar surface area (TPSA) is 64.4 Å². The van der Waals surface area contributed by atoms with Gasteiger partial charge in [-0.2, -0.15) is 0 Å². The van der Waals surface area contributed by atoms with Crippen LogP contribution < -0.4 is 10.1 Å². The number of hydrogen-bond donors (Lipinski definition) is 1. The number of carbonyl (C=O) groups excluding carboxylic acids is 1. The number of benzene rings is 3. The van der Waals surface area contributed by atoms with Crippen molar-refractivity contribution in [2.24, 2.45) is 0 Å². The van der Waals surface area contributed by atoms with Crippen LogP contribution in [0.1, 0.15) is 10.4 Å². The van der Waals surface area contributed by atoms with E-state index < -0.39 is 23.1 Å². The van der Waals surface area contributed by atoms with E-state index in [0.717, 1.165) is 28.8 Å². The quantitative estimate of drug-likeness (QED) is 0.472. The molecule has 1 N–H and O–H groups in total. The summed E-state index contributed by atoms with van der Waals surface area (Å²) in [6, 6.07) is 15.7. The zero-order valence-corrected chi connectivity index (χ0v) is 15.9. The van der Waals surface area contributed by atoms with Gasteiger partial charge in [-0.25, -0.2) is 13.8 Å². The molecule has 7 heteroatoms. The van der Waals surface area contributed by atoms with E-state index in [4.69, 9.17) is 9.15 Å². The molecule has 0 saturated heterocycles. The molecule has 3 aromatic carbocycles. The third-order valence-corrected chi connectivity index (χ3v) is 4.56. The molecule has 0 fully saturated rings. The minimum Gasteiger partial charge on any atom is -0.496 e. The van der Waals surface area contributed by atoms with Gasteiger partial charge in [-0.3, -0.25) is 4.79 Å². The number of oxazole rings is 1. The molecule has 0 unspecified atom stereocenters. The summed E-state index contributed by atoms with van der Waals surface area (Å²) in [4.78, 5) is 16.2. The molecule has 1 heterocycles. The van der Waals surface area contributed by atoms with Gasteiger partial charge in [0.25, 0.3) is 5.91 Å². The van der Waals surface area contributed by atoms with Crippen molar-refractivity contribution in [1.82, 2.24) is 4.98 Å². The summed E-state index contributed by atoms with van der Waals surface area (Å²) in [6.07, 6.45) is 2.97. The van der Waals surface area contributed by atoms with E-state index in [1.54, 1.807) is 37.6 Å². The Morgan fingerprint density at radius 3 is 2.33 bits per heavy atom. The van der Waals surface area contributed by atoms with Crippen LogP contribution in [0, 0.1) is 11.6 Å². The Bertz CT molecular complexity index is 1170. The number of hydrogen-bond acceptors (Lipinski definition) is 4. The fourth-order valence-electron chi connectivity index (χ4n) is 3.09. The summed E-state index contributed by atoms with van der Waals surface area (Å²) in [5, 5.41) is 2.51. The predicted molar refractivity (Wildman–Crippen MR) is 108 cm³/mol. The first-order valence-corrected chi connectivity index (χ1v) is 8.99. The Labute approximate surface area is 171 Å². The molecule has 0 aliphatic heterocycles. The Morgan fingerprint density at radius 1 is 1.00 bits per heavy atom. The molecule has 0 radical (unpaired) electrons. The average molecular weight is 406 g/mol. The number of rotatable bonds is 5. The van der Waals surface area contributed by atoms with Crippen LogP contribution in [-0.4, -0.2) is 18.0 Å². The lowest BCUT2D eigenvalue weighted by atomic mass is 10.0. The number of nitrogens with zero attached hydrogens (tertiary/aromatic N) is 1. The van der Waals surface area contributed by atoms with Crippen molar-refractivity contribution >= 4 is 11.6 Å². The maximum absolute atomic E-state index is 13.8. The van der Waals surface area contributed by atoms with Gasteiger partial charge in [-0.05, 0) is 48.0 Å². The first-order chi connectivity index (χ1) is 14.6. The molecular formula is C23H16F2N2O3. The minimum atomic E-state index is -0.918. The minimum absolute atomic E-state index is 0.400. The number of anilines is 1. The van der Waals surface area contributed by atoms with Crippen LogP contribution in [0.5, 0.6) is 5.75 Å². The van der Waals surface area contributed by atoms with Crippen LogP contribution in [-0.2, 0) is 0 Å². The van der Waals surface area contributed by atoms with E-state index in [1.165, 1.54) is 12.5 Å². The number of carbonyl (C=O) groups is 1. The Kier molecular flexibility index (Phi) is 5.26. The molecule has 0 bridgehead atoms. The summed E-state index contributed by atoms with van der Waals surface area (Å²) in [6.45, 7) is 0. The number of ether oxygens (including phenoxy) is 1. The molecule has 0 aliphatic rings. The van der Waals surface area contributed by atoms with Crippen LogP contribution in [0.15, 0.2) is 77.7 Å². The van der Waals surface area contributed by atoms with Crippen molar-refractivity contribution in [3.8, 4) is 28.2 Å². The van der Waals surface area contributed by atoms with E-state index >= 15 is 0 Å². The third kappa shape index (κ3) is 3.77. The summed E-state index contributed by atoms with van der Waals surface area (Å²) in [5.41, 5.74) is 2.24. The molecule has 0 spiro atoms. The Balaban J connectivity index is 1.61. The lowest BCUT2D eigenvalue weighted by Crippen LogP contribution is -2.15. The molecule has 0 saturated carbocycles. The highest BCUT2D eigenvalue weighted by Gasteiger charge is 2.17.